The maximum Gasteiger partial charge on any atom is 0.348 e. The lowest BCUT2D eigenvalue weighted by Gasteiger charge is -2.38. The fourth-order valence-corrected chi connectivity index (χ4v) is 4.24. The van der Waals surface area contributed by atoms with Crippen LogP contribution in [0, 0.1) is 0 Å². The summed E-state index contributed by atoms with van der Waals surface area (Å²) >= 11 is 1.52. The van der Waals surface area contributed by atoms with E-state index in [0.717, 1.165) is 24.3 Å². The zero-order valence-electron chi connectivity index (χ0n) is 14.2. The van der Waals surface area contributed by atoms with Crippen LogP contribution in [0.1, 0.15) is 36.4 Å². The van der Waals surface area contributed by atoms with E-state index in [1.54, 1.807) is 0 Å². The van der Waals surface area contributed by atoms with Crippen molar-refractivity contribution in [3.8, 4) is 0 Å². The molecule has 0 bridgehead atoms. The van der Waals surface area contributed by atoms with Gasteiger partial charge in [-0.1, -0.05) is 19.4 Å². The Morgan fingerprint density at radius 2 is 2.25 bits per heavy atom. The molecule has 132 valence electrons. The lowest BCUT2D eigenvalue weighted by molar-refractivity contribution is 0.0532. The van der Waals surface area contributed by atoms with Crippen molar-refractivity contribution < 1.29 is 9.53 Å². The van der Waals surface area contributed by atoms with Gasteiger partial charge in [0, 0.05) is 41.4 Å². The summed E-state index contributed by atoms with van der Waals surface area (Å²) in [6, 6.07) is 8.87. The first-order valence-electron chi connectivity index (χ1n) is 8.41. The summed E-state index contributed by atoms with van der Waals surface area (Å²) in [5.41, 5.74) is 1.24. The molecular weight excluding hydrogens is 344 g/mol. The van der Waals surface area contributed by atoms with Crippen molar-refractivity contribution >= 4 is 45.5 Å². The summed E-state index contributed by atoms with van der Waals surface area (Å²) in [7, 11) is 0. The van der Waals surface area contributed by atoms with Gasteiger partial charge in [-0.15, -0.1) is 23.7 Å². The number of halogens is 1. The first-order chi connectivity index (χ1) is 11.2. The zero-order chi connectivity index (χ0) is 16.2. The molecule has 1 atom stereocenters. The summed E-state index contributed by atoms with van der Waals surface area (Å²) in [5.74, 6) is -0.218. The number of thiophene rings is 1. The second kappa shape index (κ2) is 8.70. The molecule has 0 radical (unpaired) electrons. The molecule has 3 rings (SSSR count). The molecule has 1 aliphatic rings. The molecule has 1 aromatic carbocycles. The van der Waals surface area contributed by atoms with Crippen molar-refractivity contribution in [3.05, 3.63) is 29.1 Å². The third-order valence-corrected chi connectivity index (χ3v) is 5.38. The monoisotopic (exact) mass is 368 g/mol. The Bertz CT molecular complexity index is 687. The predicted molar refractivity (Wildman–Crippen MR) is 104 cm³/mol. The maximum absolute atomic E-state index is 12.0. The van der Waals surface area contributed by atoms with Gasteiger partial charge in [0.05, 0.1) is 6.61 Å². The van der Waals surface area contributed by atoms with Crippen molar-refractivity contribution in [3.63, 3.8) is 0 Å². The number of esters is 1. The number of rotatable bonds is 5. The van der Waals surface area contributed by atoms with Crippen LogP contribution < -0.4 is 10.2 Å². The van der Waals surface area contributed by atoms with E-state index < -0.39 is 0 Å². The van der Waals surface area contributed by atoms with Gasteiger partial charge in [0.15, 0.2) is 0 Å². The normalized spacial score (nSPS) is 17.6. The molecule has 0 amide bonds. The number of carbonyl (C=O) groups is 1. The lowest BCUT2D eigenvalue weighted by atomic mass is 10.1. The third kappa shape index (κ3) is 3.85. The minimum absolute atomic E-state index is 0. The number of benzene rings is 1. The molecule has 4 nitrogen and oxygen atoms in total. The van der Waals surface area contributed by atoms with Gasteiger partial charge in [0.2, 0.25) is 0 Å². The molecule has 1 N–H and O–H groups in total. The molecule has 1 saturated heterocycles. The van der Waals surface area contributed by atoms with E-state index in [9.17, 15) is 4.79 Å². The number of ether oxygens (including phenoxy) is 1. The van der Waals surface area contributed by atoms with Crippen molar-refractivity contribution in [2.75, 3.05) is 31.1 Å². The summed E-state index contributed by atoms with van der Waals surface area (Å²) in [5, 5.41) is 4.66. The first kappa shape index (κ1) is 19.0. The Kier molecular flexibility index (Phi) is 6.90. The van der Waals surface area contributed by atoms with Crippen LogP contribution in [0.2, 0.25) is 0 Å². The van der Waals surface area contributed by atoms with Gasteiger partial charge in [-0.25, -0.2) is 4.79 Å². The van der Waals surface area contributed by atoms with Crippen LogP contribution in [-0.2, 0) is 4.74 Å². The molecule has 0 spiro atoms. The SMILES string of the molecule is CCCC1CNCCN1c1cccc2sc(C(=O)OCC)cc12.Cl. The maximum atomic E-state index is 12.0. The fraction of sp³-hybridized carbons (Fsp3) is 0.500. The Balaban J connectivity index is 0.00000208. The van der Waals surface area contributed by atoms with E-state index in [4.69, 9.17) is 4.74 Å². The fourth-order valence-electron chi connectivity index (χ4n) is 3.27. The van der Waals surface area contributed by atoms with Gasteiger partial charge in [-0.05, 0) is 31.5 Å². The van der Waals surface area contributed by atoms with E-state index in [2.05, 4.69) is 35.3 Å². The number of nitrogens with zero attached hydrogens (tertiary/aromatic N) is 1. The van der Waals surface area contributed by atoms with Crippen molar-refractivity contribution in [2.24, 2.45) is 0 Å². The summed E-state index contributed by atoms with van der Waals surface area (Å²) < 4.78 is 6.30. The highest BCUT2D eigenvalue weighted by atomic mass is 35.5. The highest BCUT2D eigenvalue weighted by Crippen LogP contribution is 2.35. The summed E-state index contributed by atoms with van der Waals surface area (Å²) in [4.78, 5) is 15.2. The molecule has 0 saturated carbocycles. The van der Waals surface area contributed by atoms with Crippen molar-refractivity contribution in [1.29, 1.82) is 0 Å². The largest absolute Gasteiger partial charge is 0.462 e. The minimum atomic E-state index is -0.218. The molecule has 1 fully saturated rings. The zero-order valence-corrected chi connectivity index (χ0v) is 15.8. The molecular formula is C18H25ClN2O2S. The van der Waals surface area contributed by atoms with Gasteiger partial charge < -0.3 is 15.0 Å². The van der Waals surface area contributed by atoms with E-state index in [-0.39, 0.29) is 18.4 Å². The number of carbonyl (C=O) groups excluding carboxylic acids is 1. The number of nitrogens with one attached hydrogen (secondary N) is 1. The van der Waals surface area contributed by atoms with Gasteiger partial charge >= 0.3 is 5.97 Å². The van der Waals surface area contributed by atoms with Gasteiger partial charge in [-0.3, -0.25) is 0 Å². The number of hydrogen-bond donors (Lipinski definition) is 1. The van der Waals surface area contributed by atoms with Gasteiger partial charge in [-0.2, -0.15) is 0 Å². The van der Waals surface area contributed by atoms with Crippen LogP contribution in [0.3, 0.4) is 0 Å². The summed E-state index contributed by atoms with van der Waals surface area (Å²) in [6.07, 6.45) is 2.36. The lowest BCUT2D eigenvalue weighted by Crippen LogP contribution is -2.51. The van der Waals surface area contributed by atoms with Crippen LogP contribution in [0.5, 0.6) is 0 Å². The van der Waals surface area contributed by atoms with E-state index in [1.807, 2.05) is 13.0 Å². The number of piperazine rings is 1. The molecule has 1 aliphatic heterocycles. The van der Waals surface area contributed by atoms with Crippen LogP contribution in [0.25, 0.3) is 10.1 Å². The highest BCUT2D eigenvalue weighted by molar-refractivity contribution is 7.20. The van der Waals surface area contributed by atoms with Gasteiger partial charge in [0.25, 0.3) is 0 Å². The number of hydrogen-bond acceptors (Lipinski definition) is 5. The predicted octanol–water partition coefficient (Wildman–Crippen LogP) is 4.08. The van der Waals surface area contributed by atoms with Crippen LogP contribution >= 0.6 is 23.7 Å². The number of fused-ring (bicyclic) bond motifs is 1. The molecule has 1 unspecified atom stereocenters. The first-order valence-corrected chi connectivity index (χ1v) is 9.23. The quantitative estimate of drug-likeness (QED) is 0.807. The Hall–Kier alpha value is -1.30. The Morgan fingerprint density at radius 3 is 3.00 bits per heavy atom. The smallest absolute Gasteiger partial charge is 0.348 e. The third-order valence-electron chi connectivity index (χ3n) is 4.30. The van der Waals surface area contributed by atoms with Crippen molar-refractivity contribution in [2.45, 2.75) is 32.7 Å². The average molecular weight is 369 g/mol. The number of anilines is 1. The van der Waals surface area contributed by atoms with Crippen LogP contribution in [0.15, 0.2) is 24.3 Å². The summed E-state index contributed by atoms with van der Waals surface area (Å²) in [6.45, 7) is 7.53. The highest BCUT2D eigenvalue weighted by Gasteiger charge is 2.24. The second-order valence-corrected chi connectivity index (χ2v) is 6.94. The molecule has 0 aliphatic carbocycles. The molecule has 2 aromatic rings. The Labute approximate surface area is 153 Å². The van der Waals surface area contributed by atoms with E-state index >= 15 is 0 Å². The van der Waals surface area contributed by atoms with Crippen molar-refractivity contribution in [1.82, 2.24) is 5.32 Å². The molecule has 2 heterocycles. The van der Waals surface area contributed by atoms with E-state index in [1.165, 1.54) is 35.3 Å². The second-order valence-electron chi connectivity index (χ2n) is 5.86. The minimum Gasteiger partial charge on any atom is -0.462 e. The molecule has 1 aromatic heterocycles. The standard InChI is InChI=1S/C18H24N2O2S.ClH/c1-3-6-13-12-19-9-10-20(13)15-7-5-8-16-14(15)11-17(23-16)18(21)22-4-2;/h5,7-8,11,13,19H,3-4,6,9-10,12H2,1-2H3;1H. The topological polar surface area (TPSA) is 41.6 Å². The van der Waals surface area contributed by atoms with Gasteiger partial charge in [0.1, 0.15) is 4.88 Å². The van der Waals surface area contributed by atoms with E-state index in [0.29, 0.717) is 17.5 Å². The molecule has 6 heteroatoms. The Morgan fingerprint density at radius 1 is 1.42 bits per heavy atom. The average Bonchev–Trinajstić information content (AvgIpc) is 3.00. The molecule has 24 heavy (non-hydrogen) atoms. The van der Waals surface area contributed by atoms with Crippen LogP contribution in [0.4, 0.5) is 5.69 Å². The van der Waals surface area contributed by atoms with Crippen LogP contribution in [-0.4, -0.2) is 38.3 Å².